The van der Waals surface area contributed by atoms with Gasteiger partial charge in [-0.1, -0.05) is 26.7 Å². The fourth-order valence-electron chi connectivity index (χ4n) is 1.67. The fraction of sp³-hybridized carbons (Fsp3) is 0.615. The SMILES string of the molecule is CCCCN(CCCC)c1nnccc1C#N. The Morgan fingerprint density at radius 1 is 1.24 bits per heavy atom. The maximum Gasteiger partial charge on any atom is 0.169 e. The number of nitrogens with zero attached hydrogens (tertiary/aromatic N) is 4. The average molecular weight is 232 g/mol. The van der Waals surface area contributed by atoms with Gasteiger partial charge in [-0.25, -0.2) is 0 Å². The second-order valence-corrected chi connectivity index (χ2v) is 4.07. The lowest BCUT2D eigenvalue weighted by Crippen LogP contribution is -2.27. The second-order valence-electron chi connectivity index (χ2n) is 4.07. The van der Waals surface area contributed by atoms with Gasteiger partial charge >= 0.3 is 0 Å². The van der Waals surface area contributed by atoms with Crippen molar-refractivity contribution in [3.8, 4) is 6.07 Å². The molecule has 1 aromatic heterocycles. The van der Waals surface area contributed by atoms with Gasteiger partial charge in [0.25, 0.3) is 0 Å². The lowest BCUT2D eigenvalue weighted by atomic mass is 10.2. The lowest BCUT2D eigenvalue weighted by molar-refractivity contribution is 0.666. The smallest absolute Gasteiger partial charge is 0.169 e. The molecule has 0 unspecified atom stereocenters. The van der Waals surface area contributed by atoms with E-state index in [0.717, 1.165) is 44.6 Å². The molecule has 1 heterocycles. The first-order valence-electron chi connectivity index (χ1n) is 6.30. The summed E-state index contributed by atoms with van der Waals surface area (Å²) in [5.74, 6) is 0.733. The third-order valence-corrected chi connectivity index (χ3v) is 2.68. The summed E-state index contributed by atoms with van der Waals surface area (Å²) in [6, 6.07) is 3.91. The summed E-state index contributed by atoms with van der Waals surface area (Å²) in [6.07, 6.45) is 6.09. The van der Waals surface area contributed by atoms with Gasteiger partial charge in [0.2, 0.25) is 0 Å². The Kier molecular flexibility index (Phi) is 6.02. The van der Waals surface area contributed by atoms with Gasteiger partial charge in [0.15, 0.2) is 5.82 Å². The van der Waals surface area contributed by atoms with Crippen molar-refractivity contribution in [3.05, 3.63) is 17.8 Å². The molecule has 0 radical (unpaired) electrons. The van der Waals surface area contributed by atoms with Gasteiger partial charge in [-0.15, -0.1) is 5.10 Å². The van der Waals surface area contributed by atoms with Crippen LogP contribution in [0.5, 0.6) is 0 Å². The van der Waals surface area contributed by atoms with E-state index in [4.69, 9.17) is 5.26 Å². The number of rotatable bonds is 7. The summed E-state index contributed by atoms with van der Waals surface area (Å²) in [5.41, 5.74) is 0.618. The Balaban J connectivity index is 2.83. The Morgan fingerprint density at radius 2 is 1.88 bits per heavy atom. The monoisotopic (exact) mass is 232 g/mol. The van der Waals surface area contributed by atoms with E-state index in [1.165, 1.54) is 0 Å². The van der Waals surface area contributed by atoms with Crippen molar-refractivity contribution < 1.29 is 0 Å². The summed E-state index contributed by atoms with van der Waals surface area (Å²) in [4.78, 5) is 2.18. The highest BCUT2D eigenvalue weighted by atomic mass is 15.3. The van der Waals surface area contributed by atoms with Crippen molar-refractivity contribution in [2.75, 3.05) is 18.0 Å². The molecule has 0 saturated heterocycles. The van der Waals surface area contributed by atoms with Gasteiger partial charge in [0.1, 0.15) is 6.07 Å². The van der Waals surface area contributed by atoms with Gasteiger partial charge in [-0.05, 0) is 18.9 Å². The topological polar surface area (TPSA) is 52.8 Å². The van der Waals surface area contributed by atoms with Crippen LogP contribution < -0.4 is 4.90 Å². The normalized spacial score (nSPS) is 9.94. The van der Waals surface area contributed by atoms with E-state index in [2.05, 4.69) is 35.0 Å². The quantitative estimate of drug-likeness (QED) is 0.725. The van der Waals surface area contributed by atoms with Crippen molar-refractivity contribution in [2.24, 2.45) is 0 Å². The molecule has 0 aromatic carbocycles. The van der Waals surface area contributed by atoms with E-state index < -0.39 is 0 Å². The average Bonchev–Trinajstić information content (AvgIpc) is 2.39. The predicted molar refractivity (Wildman–Crippen MR) is 68.8 cm³/mol. The summed E-state index contributed by atoms with van der Waals surface area (Å²) in [5, 5.41) is 17.1. The Labute approximate surface area is 103 Å². The maximum atomic E-state index is 9.07. The van der Waals surface area contributed by atoms with Gasteiger partial charge in [0, 0.05) is 13.1 Å². The molecule has 0 aliphatic carbocycles. The van der Waals surface area contributed by atoms with Crippen molar-refractivity contribution in [1.29, 1.82) is 5.26 Å². The number of hydrogen-bond acceptors (Lipinski definition) is 4. The van der Waals surface area contributed by atoms with Crippen LogP contribution in [0.15, 0.2) is 12.3 Å². The van der Waals surface area contributed by atoms with Crippen molar-refractivity contribution in [2.45, 2.75) is 39.5 Å². The highest BCUT2D eigenvalue weighted by Crippen LogP contribution is 2.16. The van der Waals surface area contributed by atoms with Crippen LogP contribution in [0.1, 0.15) is 45.1 Å². The zero-order valence-corrected chi connectivity index (χ0v) is 10.7. The van der Waals surface area contributed by atoms with E-state index in [1.807, 2.05) is 0 Å². The highest BCUT2D eigenvalue weighted by molar-refractivity contribution is 5.52. The number of aromatic nitrogens is 2. The molecule has 17 heavy (non-hydrogen) atoms. The first-order chi connectivity index (χ1) is 8.33. The number of nitriles is 1. The van der Waals surface area contributed by atoms with Crippen molar-refractivity contribution in [3.63, 3.8) is 0 Å². The van der Waals surface area contributed by atoms with E-state index in [1.54, 1.807) is 12.3 Å². The molecule has 0 aliphatic heterocycles. The number of anilines is 1. The summed E-state index contributed by atoms with van der Waals surface area (Å²) in [6.45, 7) is 6.23. The van der Waals surface area contributed by atoms with Crippen LogP contribution in [-0.4, -0.2) is 23.3 Å². The van der Waals surface area contributed by atoms with Crippen LogP contribution in [0.25, 0.3) is 0 Å². The zero-order chi connectivity index (χ0) is 12.5. The predicted octanol–water partition coefficient (Wildman–Crippen LogP) is 2.75. The third kappa shape index (κ3) is 4.03. The molecule has 0 bridgehead atoms. The molecule has 0 aliphatic rings. The lowest BCUT2D eigenvalue weighted by Gasteiger charge is -2.23. The van der Waals surface area contributed by atoms with E-state index in [-0.39, 0.29) is 0 Å². The zero-order valence-electron chi connectivity index (χ0n) is 10.7. The minimum Gasteiger partial charge on any atom is -0.354 e. The standard InChI is InChI=1S/C13H20N4/c1-3-5-9-17(10-6-4-2)13-12(11-14)7-8-15-16-13/h7-8H,3-6,9-10H2,1-2H3. The molecule has 4 heteroatoms. The van der Waals surface area contributed by atoms with Gasteiger partial charge < -0.3 is 4.90 Å². The van der Waals surface area contributed by atoms with Crippen LogP contribution >= 0.6 is 0 Å². The Bertz CT molecular complexity index is 362. The molecule has 1 aromatic rings. The van der Waals surface area contributed by atoms with Gasteiger partial charge in [-0.2, -0.15) is 10.4 Å². The molecule has 4 nitrogen and oxygen atoms in total. The van der Waals surface area contributed by atoms with Crippen molar-refractivity contribution in [1.82, 2.24) is 10.2 Å². The van der Waals surface area contributed by atoms with Crippen LogP contribution in [0.4, 0.5) is 5.82 Å². The Hall–Kier alpha value is -1.63. The second kappa shape index (κ2) is 7.61. The molecule has 0 atom stereocenters. The summed E-state index contributed by atoms with van der Waals surface area (Å²) >= 11 is 0. The largest absolute Gasteiger partial charge is 0.354 e. The first-order valence-corrected chi connectivity index (χ1v) is 6.30. The maximum absolute atomic E-state index is 9.07. The minimum absolute atomic E-state index is 0.618. The van der Waals surface area contributed by atoms with Crippen LogP contribution in [-0.2, 0) is 0 Å². The van der Waals surface area contributed by atoms with E-state index >= 15 is 0 Å². The Morgan fingerprint density at radius 3 is 2.41 bits per heavy atom. The van der Waals surface area contributed by atoms with Crippen LogP contribution in [0.3, 0.4) is 0 Å². The summed E-state index contributed by atoms with van der Waals surface area (Å²) < 4.78 is 0. The summed E-state index contributed by atoms with van der Waals surface area (Å²) in [7, 11) is 0. The molecule has 0 saturated carbocycles. The number of hydrogen-bond donors (Lipinski definition) is 0. The molecular weight excluding hydrogens is 212 g/mol. The van der Waals surface area contributed by atoms with Gasteiger partial charge in [-0.3, -0.25) is 0 Å². The molecule has 92 valence electrons. The molecular formula is C13H20N4. The number of unbranched alkanes of at least 4 members (excludes halogenated alkanes) is 2. The van der Waals surface area contributed by atoms with Crippen LogP contribution in [0, 0.1) is 11.3 Å². The minimum atomic E-state index is 0.618. The molecule has 0 amide bonds. The van der Waals surface area contributed by atoms with Crippen molar-refractivity contribution >= 4 is 5.82 Å². The molecule has 0 fully saturated rings. The molecule has 1 rings (SSSR count). The van der Waals surface area contributed by atoms with E-state index in [0.29, 0.717) is 5.56 Å². The first kappa shape index (κ1) is 13.4. The molecule has 0 spiro atoms. The van der Waals surface area contributed by atoms with E-state index in [9.17, 15) is 0 Å². The highest BCUT2D eigenvalue weighted by Gasteiger charge is 2.12. The fourth-order valence-corrected chi connectivity index (χ4v) is 1.67. The van der Waals surface area contributed by atoms with Crippen LogP contribution in [0.2, 0.25) is 0 Å². The van der Waals surface area contributed by atoms with Gasteiger partial charge in [0.05, 0.1) is 11.8 Å². The molecule has 0 N–H and O–H groups in total. The third-order valence-electron chi connectivity index (χ3n) is 2.68.